The van der Waals surface area contributed by atoms with Crippen LogP contribution in [0.5, 0.6) is 0 Å². The first kappa shape index (κ1) is 15.7. The molecule has 1 aromatic carbocycles. The number of hydrogen-bond acceptors (Lipinski definition) is 5. The fourth-order valence-electron chi connectivity index (χ4n) is 2.71. The number of nitrogens with one attached hydrogen (secondary N) is 1. The number of rotatable bonds is 4. The number of para-hydroxylation sites is 1. The molecule has 124 valence electrons. The fraction of sp³-hybridized carbons (Fsp3) is 0.250. The molecule has 1 atom stereocenters. The first-order chi connectivity index (χ1) is 11.6. The summed E-state index contributed by atoms with van der Waals surface area (Å²) in [6.07, 6.45) is 1.22. The van der Waals surface area contributed by atoms with E-state index < -0.39 is 22.8 Å². The maximum atomic E-state index is 12.5. The fourth-order valence-corrected chi connectivity index (χ4v) is 2.71. The van der Waals surface area contributed by atoms with Gasteiger partial charge in [-0.2, -0.15) is 0 Å². The van der Waals surface area contributed by atoms with Crippen LogP contribution in [0.4, 0.5) is 11.6 Å². The number of benzene rings is 1. The number of likely N-dealkylation sites (tertiary alicyclic amines) is 1. The molecule has 0 bridgehead atoms. The molecule has 0 saturated carbocycles. The van der Waals surface area contributed by atoms with Gasteiger partial charge in [-0.1, -0.05) is 18.2 Å². The van der Waals surface area contributed by atoms with Gasteiger partial charge in [0.15, 0.2) is 5.76 Å². The van der Waals surface area contributed by atoms with Crippen LogP contribution < -0.4 is 5.32 Å². The number of hydrogen-bond donors (Lipinski definition) is 1. The van der Waals surface area contributed by atoms with Crippen LogP contribution in [0.2, 0.25) is 0 Å². The quantitative estimate of drug-likeness (QED) is 0.685. The summed E-state index contributed by atoms with van der Waals surface area (Å²) >= 11 is 0. The summed E-state index contributed by atoms with van der Waals surface area (Å²) in [4.78, 5) is 36.2. The summed E-state index contributed by atoms with van der Waals surface area (Å²) in [5.74, 6) is -1.44. The average molecular weight is 329 g/mol. The van der Waals surface area contributed by atoms with Gasteiger partial charge < -0.3 is 14.6 Å². The zero-order chi connectivity index (χ0) is 17.1. The van der Waals surface area contributed by atoms with Gasteiger partial charge in [0.05, 0.1) is 6.07 Å². The van der Waals surface area contributed by atoms with Gasteiger partial charge in [-0.25, -0.2) is 0 Å². The molecule has 1 aliphatic heterocycles. The van der Waals surface area contributed by atoms with Crippen molar-refractivity contribution < 1.29 is 18.9 Å². The Morgan fingerprint density at radius 3 is 2.62 bits per heavy atom. The van der Waals surface area contributed by atoms with Crippen molar-refractivity contribution >= 4 is 23.4 Å². The number of anilines is 1. The Kier molecular flexibility index (Phi) is 4.28. The van der Waals surface area contributed by atoms with E-state index in [0.717, 1.165) is 6.07 Å². The second-order valence-electron chi connectivity index (χ2n) is 5.41. The molecule has 0 aliphatic carbocycles. The highest BCUT2D eigenvalue weighted by molar-refractivity contribution is 6.00. The van der Waals surface area contributed by atoms with Gasteiger partial charge in [-0.3, -0.25) is 19.7 Å². The Morgan fingerprint density at radius 2 is 1.96 bits per heavy atom. The Hall–Kier alpha value is -3.16. The Bertz CT molecular complexity index is 771. The van der Waals surface area contributed by atoms with E-state index in [1.807, 2.05) is 6.07 Å². The number of nitro groups is 1. The van der Waals surface area contributed by atoms with E-state index in [9.17, 15) is 19.7 Å². The second-order valence-corrected chi connectivity index (χ2v) is 5.41. The molecule has 0 radical (unpaired) electrons. The SMILES string of the molecule is O=C(Nc1ccccc1)C1CCCN1C(=O)c1ccc([N+](=O)[O-])o1. The average Bonchev–Trinajstić information content (AvgIpc) is 3.25. The van der Waals surface area contributed by atoms with E-state index in [1.54, 1.807) is 24.3 Å². The van der Waals surface area contributed by atoms with E-state index in [4.69, 9.17) is 4.42 Å². The van der Waals surface area contributed by atoms with Crippen molar-refractivity contribution in [2.45, 2.75) is 18.9 Å². The van der Waals surface area contributed by atoms with Crippen molar-refractivity contribution in [3.8, 4) is 0 Å². The van der Waals surface area contributed by atoms with Crippen LogP contribution in [0, 0.1) is 10.1 Å². The summed E-state index contributed by atoms with van der Waals surface area (Å²) in [6.45, 7) is 0.403. The molecule has 2 heterocycles. The molecule has 8 heteroatoms. The van der Waals surface area contributed by atoms with Crippen molar-refractivity contribution in [2.24, 2.45) is 0 Å². The predicted octanol–water partition coefficient (Wildman–Crippen LogP) is 2.43. The Morgan fingerprint density at radius 1 is 1.21 bits per heavy atom. The monoisotopic (exact) mass is 329 g/mol. The summed E-state index contributed by atoms with van der Waals surface area (Å²) in [5, 5.41) is 13.4. The van der Waals surface area contributed by atoms with Crippen molar-refractivity contribution in [2.75, 3.05) is 11.9 Å². The highest BCUT2D eigenvalue weighted by Crippen LogP contribution is 2.24. The third-order valence-corrected chi connectivity index (χ3v) is 3.84. The van der Waals surface area contributed by atoms with Crippen molar-refractivity contribution in [3.05, 3.63) is 58.3 Å². The molecule has 1 saturated heterocycles. The molecular formula is C16H15N3O5. The van der Waals surface area contributed by atoms with E-state index >= 15 is 0 Å². The lowest BCUT2D eigenvalue weighted by molar-refractivity contribution is -0.402. The zero-order valence-corrected chi connectivity index (χ0v) is 12.7. The minimum atomic E-state index is -0.708. The van der Waals surface area contributed by atoms with Crippen LogP contribution in [0.25, 0.3) is 0 Å². The molecule has 1 aliphatic rings. The first-order valence-electron chi connectivity index (χ1n) is 7.47. The molecule has 1 aromatic heterocycles. The topological polar surface area (TPSA) is 106 Å². The summed E-state index contributed by atoms with van der Waals surface area (Å²) in [7, 11) is 0. The van der Waals surface area contributed by atoms with E-state index in [1.165, 1.54) is 11.0 Å². The zero-order valence-electron chi connectivity index (χ0n) is 12.7. The normalized spacial score (nSPS) is 16.8. The van der Waals surface area contributed by atoms with Crippen molar-refractivity contribution in [1.29, 1.82) is 0 Å². The molecule has 3 rings (SSSR count). The van der Waals surface area contributed by atoms with Gasteiger partial charge in [0.25, 0.3) is 5.91 Å². The summed E-state index contributed by atoms with van der Waals surface area (Å²) in [5.41, 5.74) is 0.649. The number of nitrogens with zero attached hydrogens (tertiary/aromatic N) is 2. The van der Waals surface area contributed by atoms with Crippen LogP contribution in [0.15, 0.2) is 46.9 Å². The van der Waals surface area contributed by atoms with E-state index in [-0.39, 0.29) is 11.7 Å². The number of furan rings is 1. The Labute approximate surface area is 137 Å². The number of carbonyl (C=O) groups is 2. The summed E-state index contributed by atoms with van der Waals surface area (Å²) in [6, 6.07) is 10.7. The smallest absolute Gasteiger partial charge is 0.395 e. The van der Waals surface area contributed by atoms with Gasteiger partial charge in [0, 0.05) is 12.2 Å². The van der Waals surface area contributed by atoms with Gasteiger partial charge >= 0.3 is 5.88 Å². The lowest BCUT2D eigenvalue weighted by Crippen LogP contribution is -2.43. The maximum absolute atomic E-state index is 12.5. The number of amides is 2. The van der Waals surface area contributed by atoms with Crippen LogP contribution in [-0.4, -0.2) is 34.2 Å². The predicted molar refractivity (Wildman–Crippen MR) is 84.5 cm³/mol. The molecule has 2 aromatic rings. The third kappa shape index (κ3) is 3.12. The maximum Gasteiger partial charge on any atom is 0.433 e. The number of carbonyl (C=O) groups excluding carboxylic acids is 2. The van der Waals surface area contributed by atoms with E-state index in [2.05, 4.69) is 5.32 Å². The molecule has 8 nitrogen and oxygen atoms in total. The minimum Gasteiger partial charge on any atom is -0.395 e. The molecule has 1 fully saturated rings. The highest BCUT2D eigenvalue weighted by atomic mass is 16.6. The van der Waals surface area contributed by atoms with E-state index in [0.29, 0.717) is 25.1 Å². The van der Waals surface area contributed by atoms with Crippen LogP contribution in [-0.2, 0) is 4.79 Å². The molecular weight excluding hydrogens is 314 g/mol. The van der Waals surface area contributed by atoms with Crippen molar-refractivity contribution in [3.63, 3.8) is 0 Å². The lowest BCUT2D eigenvalue weighted by Gasteiger charge is -2.22. The molecule has 1 unspecified atom stereocenters. The van der Waals surface area contributed by atoms with Crippen LogP contribution in [0.3, 0.4) is 0 Å². The minimum absolute atomic E-state index is 0.138. The summed E-state index contributed by atoms with van der Waals surface area (Å²) < 4.78 is 4.94. The van der Waals surface area contributed by atoms with Gasteiger partial charge in [0.2, 0.25) is 5.91 Å². The molecule has 0 spiro atoms. The van der Waals surface area contributed by atoms with Crippen molar-refractivity contribution in [1.82, 2.24) is 4.90 Å². The molecule has 1 N–H and O–H groups in total. The largest absolute Gasteiger partial charge is 0.433 e. The third-order valence-electron chi connectivity index (χ3n) is 3.84. The standard InChI is InChI=1S/C16H15N3O5/c20-15(17-11-5-2-1-3-6-11)12-7-4-10-18(12)16(21)13-8-9-14(24-13)19(22)23/h1-3,5-6,8-9,12H,4,7,10H2,(H,17,20). The van der Waals surface area contributed by atoms with Gasteiger partial charge in [-0.15, -0.1) is 0 Å². The van der Waals surface area contributed by atoms with Crippen LogP contribution >= 0.6 is 0 Å². The van der Waals surface area contributed by atoms with Gasteiger partial charge in [-0.05, 0) is 31.0 Å². The molecule has 24 heavy (non-hydrogen) atoms. The first-order valence-corrected chi connectivity index (χ1v) is 7.47. The lowest BCUT2D eigenvalue weighted by atomic mass is 10.2. The molecule has 2 amide bonds. The van der Waals surface area contributed by atoms with Crippen LogP contribution in [0.1, 0.15) is 23.4 Å². The highest BCUT2D eigenvalue weighted by Gasteiger charge is 2.36. The Balaban J connectivity index is 1.73. The van der Waals surface area contributed by atoms with Gasteiger partial charge in [0.1, 0.15) is 11.0 Å². The second kappa shape index (κ2) is 6.53.